The highest BCUT2D eigenvalue weighted by atomic mass is 19.1. The number of hydrogen-bond acceptors (Lipinski definition) is 5. The van der Waals surface area contributed by atoms with E-state index in [-0.39, 0.29) is 0 Å². The maximum absolute atomic E-state index is 12.9. The van der Waals surface area contributed by atoms with E-state index >= 15 is 0 Å². The molecule has 2 aromatic rings. The Bertz CT molecular complexity index is 579. The Morgan fingerprint density at radius 1 is 1.45 bits per heavy atom. The van der Waals surface area contributed by atoms with Crippen LogP contribution in [-0.4, -0.2) is 40.5 Å². The quantitative estimate of drug-likeness (QED) is 0.495. The minimum Gasteiger partial charge on any atom is -0.376 e. The summed E-state index contributed by atoms with van der Waals surface area (Å²) in [6.45, 7) is -0.796. The number of methoxy groups -OCH3 is 1. The molecule has 1 N–H and O–H groups in total. The summed E-state index contributed by atoms with van der Waals surface area (Å²) in [4.78, 5) is 2.63. The molecule has 20 heavy (non-hydrogen) atoms. The molecule has 9 heteroatoms. The Morgan fingerprint density at radius 3 is 2.70 bits per heavy atom. The number of H-pyrrole nitrogens is 1. The van der Waals surface area contributed by atoms with Crippen LogP contribution in [0.25, 0.3) is 21.8 Å². The van der Waals surface area contributed by atoms with E-state index in [0.29, 0.717) is 11.4 Å². The Balaban J connectivity index is 2.25. The molecule has 0 saturated heterocycles. The number of ether oxygens (including phenoxy) is 1. The molecule has 1 heterocycles. The molecular weight excluding hydrogens is 265 g/mol. The van der Waals surface area contributed by atoms with Crippen LogP contribution in [0.15, 0.2) is 29.4 Å². The molecule has 0 amide bonds. The molecule has 0 fully saturated rings. The summed E-state index contributed by atoms with van der Waals surface area (Å²) in [7, 11) is 1.44. The maximum atomic E-state index is 12.9. The van der Waals surface area contributed by atoms with E-state index in [9.17, 15) is 4.39 Å². The lowest BCUT2D eigenvalue weighted by Gasteiger charge is -2.20. The number of alkyl halides is 1. The van der Waals surface area contributed by atoms with Gasteiger partial charge in [0.15, 0.2) is 0 Å². The van der Waals surface area contributed by atoms with Gasteiger partial charge in [-0.1, -0.05) is 29.4 Å². The topological polar surface area (TPSA) is 112 Å². The third kappa shape index (κ3) is 2.90. The second-order valence-corrected chi connectivity index (χ2v) is 3.94. The molecule has 0 aliphatic heterocycles. The number of benzene rings is 1. The van der Waals surface area contributed by atoms with E-state index in [1.54, 1.807) is 24.3 Å². The second-order valence-electron chi connectivity index (χ2n) is 3.94. The standard InChI is InChI=1S/C11H12FN7O/c1-20-10(9(6-12)14-17-13)7-2-4-8(5-3-7)11-15-18-19-16-11/h2-5,9-10H,6H2,1H3,(H,15,16,18,19)/t9-,10-/m1/s1. The zero-order valence-electron chi connectivity index (χ0n) is 10.6. The number of nitrogens with one attached hydrogen (secondary N) is 1. The van der Waals surface area contributed by atoms with Gasteiger partial charge in [-0.2, -0.15) is 5.21 Å². The minimum absolute atomic E-state index is 0.461. The van der Waals surface area contributed by atoms with Crippen molar-refractivity contribution in [3.8, 4) is 11.4 Å². The van der Waals surface area contributed by atoms with Crippen LogP contribution in [-0.2, 0) is 4.74 Å². The number of nitrogens with zero attached hydrogens (tertiary/aromatic N) is 6. The molecule has 2 rings (SSSR count). The predicted molar refractivity (Wildman–Crippen MR) is 68.3 cm³/mol. The summed E-state index contributed by atoms with van der Waals surface area (Å²) in [5.74, 6) is 0.461. The molecule has 2 atom stereocenters. The van der Waals surface area contributed by atoms with Crippen LogP contribution in [0.5, 0.6) is 0 Å². The zero-order chi connectivity index (χ0) is 14.4. The van der Waals surface area contributed by atoms with Crippen molar-refractivity contribution >= 4 is 0 Å². The lowest BCUT2D eigenvalue weighted by Crippen LogP contribution is -2.20. The molecular formula is C11H12FN7O. The summed E-state index contributed by atoms with van der Waals surface area (Å²) in [6.07, 6.45) is -0.643. The van der Waals surface area contributed by atoms with Crippen LogP contribution in [0.2, 0.25) is 0 Å². The molecule has 0 saturated carbocycles. The van der Waals surface area contributed by atoms with Gasteiger partial charge in [0.2, 0.25) is 5.82 Å². The van der Waals surface area contributed by atoms with Gasteiger partial charge in [-0.3, -0.25) is 4.39 Å². The van der Waals surface area contributed by atoms with Crippen molar-refractivity contribution in [2.24, 2.45) is 5.11 Å². The van der Waals surface area contributed by atoms with Gasteiger partial charge in [-0.15, -0.1) is 10.2 Å². The van der Waals surface area contributed by atoms with Crippen molar-refractivity contribution in [1.29, 1.82) is 0 Å². The van der Waals surface area contributed by atoms with E-state index in [1.807, 2.05) is 0 Å². The van der Waals surface area contributed by atoms with Crippen LogP contribution < -0.4 is 0 Å². The molecule has 0 aliphatic carbocycles. The number of aromatic amines is 1. The van der Waals surface area contributed by atoms with Crippen LogP contribution in [0, 0.1) is 0 Å². The smallest absolute Gasteiger partial charge is 0.204 e. The van der Waals surface area contributed by atoms with E-state index in [0.717, 1.165) is 5.56 Å². The van der Waals surface area contributed by atoms with Gasteiger partial charge in [0.1, 0.15) is 6.67 Å². The van der Waals surface area contributed by atoms with Gasteiger partial charge in [0, 0.05) is 17.6 Å². The minimum atomic E-state index is -0.902. The average Bonchev–Trinajstić information content (AvgIpc) is 3.02. The first kappa shape index (κ1) is 13.9. The second kappa shape index (κ2) is 6.60. The van der Waals surface area contributed by atoms with Gasteiger partial charge in [0.05, 0.1) is 12.1 Å². The fraction of sp³-hybridized carbons (Fsp3) is 0.364. The fourth-order valence-electron chi connectivity index (χ4n) is 1.86. The number of aromatic nitrogens is 4. The molecule has 0 aliphatic rings. The van der Waals surface area contributed by atoms with E-state index < -0.39 is 18.8 Å². The van der Waals surface area contributed by atoms with Gasteiger partial charge < -0.3 is 4.74 Å². The first-order chi connectivity index (χ1) is 9.80. The highest BCUT2D eigenvalue weighted by molar-refractivity contribution is 5.54. The molecule has 1 aromatic heterocycles. The van der Waals surface area contributed by atoms with Crippen LogP contribution in [0.3, 0.4) is 0 Å². The molecule has 0 spiro atoms. The molecule has 0 unspecified atom stereocenters. The van der Waals surface area contributed by atoms with Crippen molar-refractivity contribution in [2.75, 3.05) is 13.8 Å². The number of hydrogen-bond donors (Lipinski definition) is 1. The Morgan fingerprint density at radius 2 is 2.20 bits per heavy atom. The Labute approximate surface area is 113 Å². The van der Waals surface area contributed by atoms with E-state index in [4.69, 9.17) is 10.3 Å². The summed E-state index contributed by atoms with van der Waals surface area (Å²) in [5.41, 5.74) is 9.90. The summed E-state index contributed by atoms with van der Waals surface area (Å²) in [6, 6.07) is 6.11. The Kier molecular flexibility index (Phi) is 4.59. The van der Waals surface area contributed by atoms with Crippen molar-refractivity contribution in [2.45, 2.75) is 12.1 Å². The number of azide groups is 1. The molecule has 0 bridgehead atoms. The zero-order valence-corrected chi connectivity index (χ0v) is 10.6. The summed E-state index contributed by atoms with van der Waals surface area (Å²) >= 11 is 0. The first-order valence-electron chi connectivity index (χ1n) is 5.77. The van der Waals surface area contributed by atoms with Gasteiger partial charge in [-0.25, -0.2) is 0 Å². The van der Waals surface area contributed by atoms with Crippen molar-refractivity contribution in [3.05, 3.63) is 40.3 Å². The van der Waals surface area contributed by atoms with Crippen molar-refractivity contribution in [3.63, 3.8) is 0 Å². The molecule has 1 aromatic carbocycles. The van der Waals surface area contributed by atoms with Crippen LogP contribution in [0.1, 0.15) is 11.7 Å². The molecule has 104 valence electrons. The number of rotatable bonds is 6. The van der Waals surface area contributed by atoms with Crippen LogP contribution in [0.4, 0.5) is 4.39 Å². The lowest BCUT2D eigenvalue weighted by atomic mass is 10.0. The predicted octanol–water partition coefficient (Wildman–Crippen LogP) is 2.20. The molecule has 8 nitrogen and oxygen atoms in total. The summed E-state index contributed by atoms with van der Waals surface area (Å²) in [5, 5.41) is 17.0. The SMILES string of the molecule is CO[C@H](c1ccc(-c2nn[nH]n2)cc1)[C@@H](CF)N=[N+]=[N-]. The molecule has 0 radical (unpaired) electrons. The van der Waals surface area contributed by atoms with E-state index in [1.165, 1.54) is 7.11 Å². The van der Waals surface area contributed by atoms with Crippen LogP contribution >= 0.6 is 0 Å². The van der Waals surface area contributed by atoms with Gasteiger partial charge in [0.25, 0.3) is 0 Å². The maximum Gasteiger partial charge on any atom is 0.204 e. The largest absolute Gasteiger partial charge is 0.376 e. The van der Waals surface area contributed by atoms with Gasteiger partial charge >= 0.3 is 0 Å². The van der Waals surface area contributed by atoms with Crippen molar-refractivity contribution < 1.29 is 9.13 Å². The highest BCUT2D eigenvalue weighted by Gasteiger charge is 2.22. The normalized spacial score (nSPS) is 13.5. The number of tetrazole rings is 1. The summed E-state index contributed by atoms with van der Waals surface area (Å²) < 4.78 is 18.1. The first-order valence-corrected chi connectivity index (χ1v) is 5.77. The Hall–Kier alpha value is -2.51. The highest BCUT2D eigenvalue weighted by Crippen LogP contribution is 2.25. The number of halogens is 1. The third-order valence-electron chi connectivity index (χ3n) is 2.80. The third-order valence-corrected chi connectivity index (χ3v) is 2.80. The van der Waals surface area contributed by atoms with Gasteiger partial charge in [-0.05, 0) is 16.3 Å². The monoisotopic (exact) mass is 277 g/mol. The fourth-order valence-corrected chi connectivity index (χ4v) is 1.86. The average molecular weight is 277 g/mol. The van der Waals surface area contributed by atoms with Crippen molar-refractivity contribution in [1.82, 2.24) is 20.6 Å². The van der Waals surface area contributed by atoms with E-state index in [2.05, 4.69) is 30.7 Å². The lowest BCUT2D eigenvalue weighted by molar-refractivity contribution is 0.0722.